The van der Waals surface area contributed by atoms with Gasteiger partial charge in [-0.2, -0.15) is 0 Å². The first-order chi connectivity index (χ1) is 9.58. The van der Waals surface area contributed by atoms with Crippen LogP contribution in [0, 0.1) is 6.92 Å². The van der Waals surface area contributed by atoms with Gasteiger partial charge in [-0.15, -0.1) is 11.3 Å². The first-order valence-electron chi connectivity index (χ1n) is 5.93. The molecule has 0 aliphatic carbocycles. The summed E-state index contributed by atoms with van der Waals surface area (Å²) in [6.07, 6.45) is 2.66. The van der Waals surface area contributed by atoms with Gasteiger partial charge in [0.15, 0.2) is 0 Å². The van der Waals surface area contributed by atoms with Gasteiger partial charge in [-0.1, -0.05) is 18.2 Å². The highest BCUT2D eigenvalue weighted by molar-refractivity contribution is 9.10. The lowest BCUT2D eigenvalue weighted by Crippen LogP contribution is -1.98. The van der Waals surface area contributed by atoms with E-state index in [1.54, 1.807) is 17.4 Å². The number of para-hydroxylation sites is 1. The lowest BCUT2D eigenvalue weighted by molar-refractivity contribution is -0.131. The van der Waals surface area contributed by atoms with E-state index >= 15 is 0 Å². The van der Waals surface area contributed by atoms with Gasteiger partial charge >= 0.3 is 5.97 Å². The number of hydrogen-bond donors (Lipinski definition) is 1. The Morgan fingerprint density at radius 1 is 1.45 bits per heavy atom. The van der Waals surface area contributed by atoms with E-state index in [-0.39, 0.29) is 0 Å². The molecular weight excluding hydrogens is 340 g/mol. The highest BCUT2D eigenvalue weighted by atomic mass is 79.9. The van der Waals surface area contributed by atoms with Crippen LogP contribution in [0.5, 0.6) is 5.75 Å². The minimum Gasteiger partial charge on any atom is -0.487 e. The predicted molar refractivity (Wildman–Crippen MR) is 84.2 cm³/mol. The van der Waals surface area contributed by atoms with E-state index in [2.05, 4.69) is 15.9 Å². The molecule has 20 heavy (non-hydrogen) atoms. The molecule has 5 heteroatoms. The molecule has 2 aromatic rings. The third-order valence-corrected chi connectivity index (χ3v) is 4.59. The quantitative estimate of drug-likeness (QED) is 0.806. The maximum Gasteiger partial charge on any atom is 0.328 e. The van der Waals surface area contributed by atoms with Crippen LogP contribution in [0.4, 0.5) is 0 Å². The van der Waals surface area contributed by atoms with Crippen molar-refractivity contribution in [2.75, 3.05) is 0 Å². The Morgan fingerprint density at radius 3 is 2.90 bits per heavy atom. The van der Waals surface area contributed by atoms with E-state index in [4.69, 9.17) is 9.84 Å². The minimum absolute atomic E-state index is 0.455. The molecule has 0 bridgehead atoms. The van der Waals surface area contributed by atoms with Gasteiger partial charge in [0.2, 0.25) is 0 Å². The molecule has 0 spiro atoms. The predicted octanol–water partition coefficient (Wildman–Crippen LogP) is 4.50. The van der Waals surface area contributed by atoms with E-state index < -0.39 is 5.97 Å². The van der Waals surface area contributed by atoms with Gasteiger partial charge in [0.05, 0.1) is 4.88 Å². The fourth-order valence-electron chi connectivity index (χ4n) is 1.73. The van der Waals surface area contributed by atoms with Crippen molar-refractivity contribution in [1.29, 1.82) is 0 Å². The van der Waals surface area contributed by atoms with E-state index in [9.17, 15) is 4.79 Å². The third kappa shape index (κ3) is 3.71. The van der Waals surface area contributed by atoms with Gasteiger partial charge in [0.1, 0.15) is 12.4 Å². The van der Waals surface area contributed by atoms with Gasteiger partial charge in [-0.05, 0) is 45.9 Å². The number of ether oxygens (including phenoxy) is 1. The van der Waals surface area contributed by atoms with Crippen molar-refractivity contribution in [3.8, 4) is 5.75 Å². The SMILES string of the molecule is Cc1cccc(/C=C/C(=O)O)c1OCc1sccc1Br. The molecule has 0 unspecified atom stereocenters. The van der Waals surface area contributed by atoms with Gasteiger partial charge in [-0.25, -0.2) is 4.79 Å². The average Bonchev–Trinajstić information content (AvgIpc) is 2.81. The van der Waals surface area contributed by atoms with Crippen LogP contribution in [0.1, 0.15) is 16.0 Å². The molecule has 0 fully saturated rings. The van der Waals surface area contributed by atoms with Crippen molar-refractivity contribution in [3.63, 3.8) is 0 Å². The van der Waals surface area contributed by atoms with Crippen molar-refractivity contribution in [2.45, 2.75) is 13.5 Å². The summed E-state index contributed by atoms with van der Waals surface area (Å²) in [4.78, 5) is 11.7. The monoisotopic (exact) mass is 352 g/mol. The second-order valence-electron chi connectivity index (χ2n) is 4.15. The summed E-state index contributed by atoms with van der Waals surface area (Å²) < 4.78 is 6.89. The van der Waals surface area contributed by atoms with Gasteiger partial charge < -0.3 is 9.84 Å². The molecule has 1 aromatic heterocycles. The van der Waals surface area contributed by atoms with Crippen LogP contribution in [0.15, 0.2) is 40.2 Å². The Kier molecular flexibility index (Phi) is 4.98. The van der Waals surface area contributed by atoms with Crippen molar-refractivity contribution >= 4 is 39.3 Å². The summed E-state index contributed by atoms with van der Waals surface area (Å²) in [5.41, 5.74) is 1.74. The maximum atomic E-state index is 10.6. The Balaban J connectivity index is 2.22. The molecule has 1 N–H and O–H groups in total. The summed E-state index contributed by atoms with van der Waals surface area (Å²) in [6.45, 7) is 2.40. The van der Waals surface area contributed by atoms with Crippen LogP contribution in [0.2, 0.25) is 0 Å². The molecule has 0 saturated heterocycles. The van der Waals surface area contributed by atoms with E-state index in [1.165, 1.54) is 0 Å². The van der Waals surface area contributed by atoms with Crippen LogP contribution >= 0.6 is 27.3 Å². The molecule has 0 aliphatic rings. The van der Waals surface area contributed by atoms with Crippen LogP contribution in [-0.2, 0) is 11.4 Å². The van der Waals surface area contributed by atoms with Crippen molar-refractivity contribution < 1.29 is 14.6 Å². The fraction of sp³-hybridized carbons (Fsp3) is 0.133. The van der Waals surface area contributed by atoms with Crippen LogP contribution in [-0.4, -0.2) is 11.1 Å². The minimum atomic E-state index is -0.974. The largest absolute Gasteiger partial charge is 0.487 e. The average molecular weight is 353 g/mol. The highest BCUT2D eigenvalue weighted by Gasteiger charge is 2.08. The lowest BCUT2D eigenvalue weighted by atomic mass is 10.1. The normalized spacial score (nSPS) is 10.9. The molecule has 3 nitrogen and oxygen atoms in total. The smallest absolute Gasteiger partial charge is 0.328 e. The van der Waals surface area contributed by atoms with Crippen molar-refractivity contribution in [2.24, 2.45) is 0 Å². The summed E-state index contributed by atoms with van der Waals surface area (Å²) >= 11 is 5.08. The summed E-state index contributed by atoms with van der Waals surface area (Å²) in [5, 5.41) is 10.7. The number of carboxylic acid groups (broad SMARTS) is 1. The number of rotatable bonds is 5. The Labute approximate surface area is 129 Å². The second kappa shape index (κ2) is 6.72. The molecular formula is C15H13BrO3S. The zero-order valence-electron chi connectivity index (χ0n) is 10.8. The van der Waals surface area contributed by atoms with Crippen LogP contribution < -0.4 is 4.74 Å². The number of thiophene rings is 1. The highest BCUT2D eigenvalue weighted by Crippen LogP contribution is 2.28. The lowest BCUT2D eigenvalue weighted by Gasteiger charge is -2.11. The Hall–Kier alpha value is -1.59. The number of carbonyl (C=O) groups is 1. The zero-order valence-corrected chi connectivity index (χ0v) is 13.2. The molecule has 1 aromatic carbocycles. The number of benzene rings is 1. The van der Waals surface area contributed by atoms with Gasteiger partial charge in [-0.3, -0.25) is 0 Å². The molecule has 1 heterocycles. The number of carboxylic acids is 1. The van der Waals surface area contributed by atoms with E-state index in [0.717, 1.165) is 26.6 Å². The summed E-state index contributed by atoms with van der Waals surface area (Å²) in [6, 6.07) is 7.64. The first kappa shape index (κ1) is 14.8. The summed E-state index contributed by atoms with van der Waals surface area (Å²) in [5.74, 6) is -0.260. The van der Waals surface area contributed by atoms with Crippen LogP contribution in [0.3, 0.4) is 0 Å². The Bertz CT molecular complexity index is 646. The number of halogens is 1. The topological polar surface area (TPSA) is 46.5 Å². The summed E-state index contributed by atoms with van der Waals surface area (Å²) in [7, 11) is 0. The Morgan fingerprint density at radius 2 is 2.25 bits per heavy atom. The van der Waals surface area contributed by atoms with Crippen molar-refractivity contribution in [1.82, 2.24) is 0 Å². The standard InChI is InChI=1S/C15H13BrO3S/c1-10-3-2-4-11(5-6-14(17)18)15(10)19-9-13-12(16)7-8-20-13/h2-8H,9H2,1H3,(H,17,18)/b6-5+. The van der Waals surface area contributed by atoms with Gasteiger partial charge in [0.25, 0.3) is 0 Å². The molecule has 2 rings (SSSR count). The number of aryl methyl sites for hydroxylation is 1. The molecule has 0 radical (unpaired) electrons. The van der Waals surface area contributed by atoms with Crippen LogP contribution in [0.25, 0.3) is 6.08 Å². The van der Waals surface area contributed by atoms with Crippen molar-refractivity contribution in [3.05, 3.63) is 56.2 Å². The molecule has 0 atom stereocenters. The molecule has 0 amide bonds. The number of hydrogen-bond acceptors (Lipinski definition) is 3. The van der Waals surface area contributed by atoms with Gasteiger partial charge in [0, 0.05) is 16.1 Å². The van der Waals surface area contributed by atoms with E-state index in [0.29, 0.717) is 12.4 Å². The first-order valence-corrected chi connectivity index (χ1v) is 7.60. The molecule has 0 saturated carbocycles. The third-order valence-electron chi connectivity index (χ3n) is 2.69. The van der Waals surface area contributed by atoms with E-state index in [1.807, 2.05) is 36.6 Å². The maximum absolute atomic E-state index is 10.6. The molecule has 104 valence electrons. The second-order valence-corrected chi connectivity index (χ2v) is 6.00. The number of aliphatic carboxylic acids is 1. The molecule has 0 aliphatic heterocycles. The zero-order chi connectivity index (χ0) is 14.5. The fourth-order valence-corrected chi connectivity index (χ4v) is 3.11.